The average molecular weight is 378 g/mol. The van der Waals surface area contributed by atoms with Crippen molar-refractivity contribution in [3.8, 4) is 5.75 Å². The third-order valence-corrected chi connectivity index (χ3v) is 5.19. The molecule has 144 valence electrons. The molecule has 0 unspecified atom stereocenters. The van der Waals surface area contributed by atoms with Crippen LogP contribution in [0.5, 0.6) is 5.75 Å². The van der Waals surface area contributed by atoms with E-state index in [0.29, 0.717) is 37.2 Å². The van der Waals surface area contributed by atoms with Gasteiger partial charge in [0.1, 0.15) is 5.75 Å². The zero-order valence-electron chi connectivity index (χ0n) is 16.0. The molecule has 2 aromatic carbocycles. The summed E-state index contributed by atoms with van der Waals surface area (Å²) in [5.41, 5.74) is 2.08. The molecule has 0 N–H and O–H groups in total. The van der Waals surface area contributed by atoms with Crippen LogP contribution in [0.2, 0.25) is 0 Å². The molecule has 0 aliphatic carbocycles. The maximum Gasteiger partial charge on any atom is 0.282 e. The number of nitrogens with zero attached hydrogens (tertiary/aromatic N) is 4. The maximum atomic E-state index is 13.0. The number of fused-ring (bicyclic) bond motifs is 1. The van der Waals surface area contributed by atoms with Crippen LogP contribution in [0.3, 0.4) is 0 Å². The number of carbonyl (C=O) groups excluding carboxylic acids is 1. The van der Waals surface area contributed by atoms with Gasteiger partial charge in [-0.15, -0.1) is 0 Å². The average Bonchev–Trinajstić information content (AvgIpc) is 2.76. The van der Waals surface area contributed by atoms with Gasteiger partial charge in [0, 0.05) is 38.9 Å². The molecule has 3 aromatic rings. The first-order chi connectivity index (χ1) is 13.6. The fourth-order valence-electron chi connectivity index (χ4n) is 3.53. The van der Waals surface area contributed by atoms with E-state index in [-0.39, 0.29) is 17.2 Å². The van der Waals surface area contributed by atoms with Crippen LogP contribution in [0.25, 0.3) is 11.0 Å². The highest BCUT2D eigenvalue weighted by molar-refractivity contribution is 5.94. The monoisotopic (exact) mass is 378 g/mol. The first-order valence-corrected chi connectivity index (χ1v) is 9.22. The normalized spacial score (nSPS) is 14.4. The summed E-state index contributed by atoms with van der Waals surface area (Å²) >= 11 is 0. The van der Waals surface area contributed by atoms with Crippen LogP contribution in [0, 0.1) is 0 Å². The SMILES string of the molecule is COc1ccc(N2CCN(C(=O)c3nc4ccccc4n(C)c3=O)CC2)cc1. The Balaban J connectivity index is 1.52. The number of hydrogen-bond donors (Lipinski definition) is 0. The lowest BCUT2D eigenvalue weighted by Crippen LogP contribution is -2.50. The fraction of sp³-hybridized carbons (Fsp3) is 0.286. The lowest BCUT2D eigenvalue weighted by molar-refractivity contribution is 0.0738. The molecule has 0 radical (unpaired) electrons. The van der Waals surface area contributed by atoms with Crippen molar-refractivity contribution in [2.75, 3.05) is 38.2 Å². The highest BCUT2D eigenvalue weighted by Gasteiger charge is 2.26. The van der Waals surface area contributed by atoms with Crippen molar-refractivity contribution in [3.63, 3.8) is 0 Å². The van der Waals surface area contributed by atoms with Crippen molar-refractivity contribution in [3.05, 3.63) is 64.6 Å². The number of rotatable bonds is 3. The van der Waals surface area contributed by atoms with Crippen LogP contribution in [0.4, 0.5) is 5.69 Å². The second-order valence-electron chi connectivity index (χ2n) is 6.79. The molecule has 1 aliphatic heterocycles. The number of hydrogen-bond acceptors (Lipinski definition) is 5. The standard InChI is InChI=1S/C21H22N4O3/c1-23-18-6-4-3-5-17(18)22-19(20(23)26)21(27)25-13-11-24(12-14-25)15-7-9-16(28-2)10-8-15/h3-10H,11-14H2,1-2H3. The van der Waals surface area contributed by atoms with Crippen LogP contribution in [-0.2, 0) is 7.05 Å². The molecule has 1 amide bonds. The van der Waals surface area contributed by atoms with Gasteiger partial charge in [-0.25, -0.2) is 4.98 Å². The van der Waals surface area contributed by atoms with E-state index in [0.717, 1.165) is 11.4 Å². The molecule has 1 aliphatic rings. The lowest BCUT2D eigenvalue weighted by Gasteiger charge is -2.36. The molecule has 4 rings (SSSR count). The van der Waals surface area contributed by atoms with Gasteiger partial charge in [0.2, 0.25) is 0 Å². The fourth-order valence-corrected chi connectivity index (χ4v) is 3.53. The highest BCUT2D eigenvalue weighted by atomic mass is 16.5. The third-order valence-electron chi connectivity index (χ3n) is 5.19. The van der Waals surface area contributed by atoms with Gasteiger partial charge in [0.15, 0.2) is 5.69 Å². The number of para-hydroxylation sites is 2. The summed E-state index contributed by atoms with van der Waals surface area (Å²) < 4.78 is 6.68. The Morgan fingerprint density at radius 1 is 1.00 bits per heavy atom. The maximum absolute atomic E-state index is 13.0. The number of carbonyl (C=O) groups is 1. The van der Waals surface area contributed by atoms with E-state index in [1.807, 2.05) is 48.5 Å². The van der Waals surface area contributed by atoms with E-state index in [1.54, 1.807) is 19.1 Å². The van der Waals surface area contributed by atoms with Gasteiger partial charge in [0.25, 0.3) is 11.5 Å². The van der Waals surface area contributed by atoms with Crippen molar-refractivity contribution < 1.29 is 9.53 Å². The zero-order valence-corrected chi connectivity index (χ0v) is 16.0. The minimum absolute atomic E-state index is 0.0147. The van der Waals surface area contributed by atoms with E-state index >= 15 is 0 Å². The van der Waals surface area contributed by atoms with Crippen LogP contribution in [-0.4, -0.2) is 53.6 Å². The number of ether oxygens (including phenoxy) is 1. The molecular weight excluding hydrogens is 356 g/mol. The quantitative estimate of drug-likeness (QED) is 0.696. The van der Waals surface area contributed by atoms with Crippen LogP contribution >= 0.6 is 0 Å². The highest BCUT2D eigenvalue weighted by Crippen LogP contribution is 2.21. The first kappa shape index (κ1) is 18.0. The van der Waals surface area contributed by atoms with Crippen molar-refractivity contribution >= 4 is 22.6 Å². The molecule has 1 aromatic heterocycles. The second-order valence-corrected chi connectivity index (χ2v) is 6.79. The van der Waals surface area contributed by atoms with Crippen molar-refractivity contribution in [2.24, 2.45) is 7.05 Å². The Hall–Kier alpha value is -3.35. The second kappa shape index (κ2) is 7.34. The van der Waals surface area contributed by atoms with Gasteiger partial charge in [0.05, 0.1) is 18.1 Å². The molecule has 2 heterocycles. The Morgan fingerprint density at radius 3 is 2.36 bits per heavy atom. The number of aromatic nitrogens is 2. The molecule has 1 saturated heterocycles. The number of methoxy groups -OCH3 is 1. The Bertz CT molecular complexity index is 1070. The number of piperazine rings is 1. The molecule has 0 spiro atoms. The number of aryl methyl sites for hydroxylation is 1. The molecule has 7 nitrogen and oxygen atoms in total. The van der Waals surface area contributed by atoms with Gasteiger partial charge in [-0.3, -0.25) is 9.59 Å². The van der Waals surface area contributed by atoms with Gasteiger partial charge >= 0.3 is 0 Å². The Labute approximate surface area is 162 Å². The van der Waals surface area contributed by atoms with Crippen LogP contribution < -0.4 is 15.2 Å². The van der Waals surface area contributed by atoms with Gasteiger partial charge in [-0.1, -0.05) is 12.1 Å². The number of benzene rings is 2. The molecule has 0 bridgehead atoms. The third kappa shape index (κ3) is 3.19. The minimum atomic E-state index is -0.360. The van der Waals surface area contributed by atoms with E-state index in [1.165, 1.54) is 4.57 Å². The predicted octanol–water partition coefficient (Wildman–Crippen LogP) is 1.90. The predicted molar refractivity (Wildman–Crippen MR) is 108 cm³/mol. The molecule has 28 heavy (non-hydrogen) atoms. The molecule has 1 fully saturated rings. The largest absolute Gasteiger partial charge is 0.497 e. The zero-order chi connectivity index (χ0) is 19.7. The summed E-state index contributed by atoms with van der Waals surface area (Å²) in [6, 6.07) is 15.2. The van der Waals surface area contributed by atoms with Crippen LogP contribution in [0.1, 0.15) is 10.5 Å². The first-order valence-electron chi connectivity index (χ1n) is 9.22. The summed E-state index contributed by atoms with van der Waals surface area (Å²) in [6.07, 6.45) is 0. The van der Waals surface area contributed by atoms with E-state index in [9.17, 15) is 9.59 Å². The molecular formula is C21H22N4O3. The summed E-state index contributed by atoms with van der Waals surface area (Å²) in [5, 5.41) is 0. The molecule has 0 atom stereocenters. The van der Waals surface area contributed by atoms with Gasteiger partial charge in [-0.2, -0.15) is 0 Å². The summed E-state index contributed by atoms with van der Waals surface area (Å²) in [5.74, 6) is 0.511. The van der Waals surface area contributed by atoms with Gasteiger partial charge < -0.3 is 19.1 Å². The van der Waals surface area contributed by atoms with E-state index in [4.69, 9.17) is 4.74 Å². The number of anilines is 1. The summed E-state index contributed by atoms with van der Waals surface area (Å²) in [6.45, 7) is 2.49. The molecule has 7 heteroatoms. The van der Waals surface area contributed by atoms with Crippen molar-refractivity contribution in [1.82, 2.24) is 14.5 Å². The van der Waals surface area contributed by atoms with Crippen LogP contribution in [0.15, 0.2) is 53.3 Å². The van der Waals surface area contributed by atoms with Crippen molar-refractivity contribution in [2.45, 2.75) is 0 Å². The van der Waals surface area contributed by atoms with Crippen molar-refractivity contribution in [1.29, 1.82) is 0 Å². The minimum Gasteiger partial charge on any atom is -0.497 e. The number of amides is 1. The van der Waals surface area contributed by atoms with E-state index < -0.39 is 0 Å². The summed E-state index contributed by atoms with van der Waals surface area (Å²) in [7, 11) is 3.31. The summed E-state index contributed by atoms with van der Waals surface area (Å²) in [4.78, 5) is 33.9. The topological polar surface area (TPSA) is 67.7 Å². The smallest absolute Gasteiger partial charge is 0.282 e. The van der Waals surface area contributed by atoms with E-state index in [2.05, 4.69) is 9.88 Å². The van der Waals surface area contributed by atoms with Gasteiger partial charge in [-0.05, 0) is 36.4 Å². The molecule has 0 saturated carbocycles. The Morgan fingerprint density at radius 2 is 1.68 bits per heavy atom. The lowest BCUT2D eigenvalue weighted by atomic mass is 10.2. The Kier molecular flexibility index (Phi) is 4.73.